The first-order chi connectivity index (χ1) is 8.28. The highest BCUT2D eigenvalue weighted by Crippen LogP contribution is 2.14. The number of ether oxygens (including phenoxy) is 1. The van der Waals surface area contributed by atoms with Crippen molar-refractivity contribution in [1.29, 1.82) is 0 Å². The second kappa shape index (κ2) is 5.53. The fourth-order valence-electron chi connectivity index (χ4n) is 1.74. The summed E-state index contributed by atoms with van der Waals surface area (Å²) in [5.74, 6) is 1.24. The zero-order valence-corrected chi connectivity index (χ0v) is 10.3. The van der Waals surface area contributed by atoms with Crippen molar-refractivity contribution in [2.45, 2.75) is 26.7 Å². The maximum Gasteiger partial charge on any atom is 0.305 e. The van der Waals surface area contributed by atoms with Gasteiger partial charge in [0.1, 0.15) is 6.20 Å². The molecule has 17 heavy (non-hydrogen) atoms. The van der Waals surface area contributed by atoms with Crippen molar-refractivity contribution in [1.82, 2.24) is 4.98 Å². The van der Waals surface area contributed by atoms with Crippen LogP contribution in [0.4, 0.5) is 0 Å². The third-order valence-electron chi connectivity index (χ3n) is 2.53. The Labute approximate surface area is 101 Å². The molecule has 0 N–H and O–H groups in total. The summed E-state index contributed by atoms with van der Waals surface area (Å²) in [6.45, 7) is 4.63. The molecule has 0 atom stereocenters. The molecule has 0 saturated carbocycles. The van der Waals surface area contributed by atoms with Crippen LogP contribution in [-0.2, 0) is 12.8 Å². The Hall–Kier alpha value is -1.77. The molecule has 3 heteroatoms. The molecule has 2 rings (SSSR count). The van der Waals surface area contributed by atoms with E-state index in [1.807, 2.05) is 6.92 Å². The maximum atomic E-state index is 5.44. The van der Waals surface area contributed by atoms with E-state index in [0.717, 1.165) is 18.7 Å². The van der Waals surface area contributed by atoms with Gasteiger partial charge in [0.15, 0.2) is 5.89 Å². The smallest absolute Gasteiger partial charge is 0.305 e. The number of nitrogens with zero attached hydrogens (tertiary/aromatic N) is 1. The van der Waals surface area contributed by atoms with E-state index < -0.39 is 0 Å². The van der Waals surface area contributed by atoms with E-state index in [1.54, 1.807) is 6.20 Å². The molecule has 0 spiro atoms. The summed E-state index contributed by atoms with van der Waals surface area (Å²) in [5, 5.41) is 0. The molecule has 1 aromatic heterocycles. The van der Waals surface area contributed by atoms with Gasteiger partial charge in [0, 0.05) is 6.42 Å². The van der Waals surface area contributed by atoms with Gasteiger partial charge in [-0.15, -0.1) is 0 Å². The minimum absolute atomic E-state index is 0.506. The van der Waals surface area contributed by atoms with E-state index in [2.05, 4.69) is 36.2 Å². The Morgan fingerprint density at radius 2 is 2.18 bits per heavy atom. The lowest BCUT2D eigenvalue weighted by molar-refractivity contribution is 0.250. The van der Waals surface area contributed by atoms with Crippen LogP contribution in [0.25, 0.3) is 0 Å². The van der Waals surface area contributed by atoms with E-state index in [0.29, 0.717) is 12.6 Å². The van der Waals surface area contributed by atoms with Crippen LogP contribution in [0, 0.1) is 6.92 Å². The van der Waals surface area contributed by atoms with Crippen molar-refractivity contribution >= 4 is 0 Å². The molecule has 2 aromatic rings. The predicted molar refractivity (Wildman–Crippen MR) is 66.3 cm³/mol. The van der Waals surface area contributed by atoms with Gasteiger partial charge in [0.2, 0.25) is 0 Å². The Balaban J connectivity index is 1.93. The van der Waals surface area contributed by atoms with Crippen molar-refractivity contribution in [2.24, 2.45) is 0 Å². The highest BCUT2D eigenvalue weighted by molar-refractivity contribution is 5.22. The van der Waals surface area contributed by atoms with E-state index >= 15 is 0 Å². The van der Waals surface area contributed by atoms with Gasteiger partial charge >= 0.3 is 5.95 Å². The molecule has 0 amide bonds. The van der Waals surface area contributed by atoms with Gasteiger partial charge in [-0.3, -0.25) is 0 Å². The maximum absolute atomic E-state index is 5.44. The van der Waals surface area contributed by atoms with Gasteiger partial charge in [-0.2, -0.15) is 0 Å². The topological polar surface area (TPSA) is 35.3 Å². The van der Waals surface area contributed by atoms with E-state index in [-0.39, 0.29) is 0 Å². The Morgan fingerprint density at radius 1 is 1.29 bits per heavy atom. The molecular weight excluding hydrogens is 214 g/mol. The Kier molecular flexibility index (Phi) is 3.81. The molecule has 1 aromatic carbocycles. The summed E-state index contributed by atoms with van der Waals surface area (Å²) in [5.41, 5.74) is 2.59. The fraction of sp³-hybridized carbons (Fsp3) is 0.357. The van der Waals surface area contributed by atoms with Gasteiger partial charge in [-0.05, 0) is 25.8 Å². The standard InChI is InChI=1S/C14H17NO2/c1-3-16-14-10-15-13(17-14)8-7-12-6-4-5-11(2)9-12/h4-6,9-10H,3,7-8H2,1-2H3. The lowest BCUT2D eigenvalue weighted by atomic mass is 10.1. The van der Waals surface area contributed by atoms with E-state index in [9.17, 15) is 0 Å². The normalized spacial score (nSPS) is 10.5. The zero-order chi connectivity index (χ0) is 12.1. The van der Waals surface area contributed by atoms with Gasteiger partial charge < -0.3 is 9.15 Å². The summed E-state index contributed by atoms with van der Waals surface area (Å²) in [4.78, 5) is 4.18. The number of aromatic nitrogens is 1. The number of hydrogen-bond acceptors (Lipinski definition) is 3. The molecule has 0 saturated heterocycles. The van der Waals surface area contributed by atoms with Gasteiger partial charge in [0.25, 0.3) is 0 Å². The fourth-order valence-corrected chi connectivity index (χ4v) is 1.74. The first kappa shape index (κ1) is 11.7. The second-order valence-corrected chi connectivity index (χ2v) is 4.00. The molecule has 0 fully saturated rings. The van der Waals surface area contributed by atoms with Crippen LogP contribution < -0.4 is 4.74 Å². The summed E-state index contributed by atoms with van der Waals surface area (Å²) in [6.07, 6.45) is 3.37. The van der Waals surface area contributed by atoms with Crippen LogP contribution in [0.5, 0.6) is 5.95 Å². The molecule has 0 aliphatic heterocycles. The van der Waals surface area contributed by atoms with Crippen LogP contribution >= 0.6 is 0 Å². The quantitative estimate of drug-likeness (QED) is 0.792. The lowest BCUT2D eigenvalue weighted by Gasteiger charge is -2.00. The van der Waals surface area contributed by atoms with Crippen LogP contribution in [0.15, 0.2) is 34.9 Å². The average molecular weight is 231 g/mol. The monoisotopic (exact) mass is 231 g/mol. The van der Waals surface area contributed by atoms with Crippen molar-refractivity contribution in [2.75, 3.05) is 6.61 Å². The van der Waals surface area contributed by atoms with Crippen LogP contribution in [0.1, 0.15) is 23.9 Å². The molecular formula is C14H17NO2. The van der Waals surface area contributed by atoms with Crippen LogP contribution in [-0.4, -0.2) is 11.6 Å². The minimum atomic E-state index is 0.506. The van der Waals surface area contributed by atoms with Crippen molar-refractivity contribution in [3.63, 3.8) is 0 Å². The number of benzene rings is 1. The van der Waals surface area contributed by atoms with Gasteiger partial charge in [0.05, 0.1) is 6.61 Å². The van der Waals surface area contributed by atoms with Crippen molar-refractivity contribution < 1.29 is 9.15 Å². The summed E-state index contributed by atoms with van der Waals surface area (Å²) >= 11 is 0. The van der Waals surface area contributed by atoms with Crippen LogP contribution in [0.2, 0.25) is 0 Å². The minimum Gasteiger partial charge on any atom is -0.464 e. The molecule has 0 bridgehead atoms. The van der Waals surface area contributed by atoms with E-state index in [4.69, 9.17) is 9.15 Å². The molecule has 3 nitrogen and oxygen atoms in total. The largest absolute Gasteiger partial charge is 0.464 e. The predicted octanol–water partition coefficient (Wildman–Crippen LogP) is 3.17. The van der Waals surface area contributed by atoms with Crippen LogP contribution in [0.3, 0.4) is 0 Å². The first-order valence-corrected chi connectivity index (χ1v) is 5.91. The molecule has 90 valence electrons. The average Bonchev–Trinajstić information content (AvgIpc) is 2.75. The lowest BCUT2D eigenvalue weighted by Crippen LogP contribution is -1.92. The number of oxazole rings is 1. The Bertz CT molecular complexity index is 477. The molecule has 0 unspecified atom stereocenters. The van der Waals surface area contributed by atoms with Gasteiger partial charge in [-0.1, -0.05) is 29.8 Å². The number of aryl methyl sites for hydroxylation is 3. The summed E-state index contributed by atoms with van der Waals surface area (Å²) in [7, 11) is 0. The highest BCUT2D eigenvalue weighted by atomic mass is 16.6. The van der Waals surface area contributed by atoms with Crippen molar-refractivity contribution in [3.05, 3.63) is 47.5 Å². The number of rotatable bonds is 5. The molecule has 1 heterocycles. The third-order valence-corrected chi connectivity index (χ3v) is 2.53. The zero-order valence-electron chi connectivity index (χ0n) is 10.3. The molecule has 0 radical (unpaired) electrons. The molecule has 0 aliphatic carbocycles. The van der Waals surface area contributed by atoms with Crippen molar-refractivity contribution in [3.8, 4) is 5.95 Å². The first-order valence-electron chi connectivity index (χ1n) is 5.91. The SMILES string of the molecule is CCOc1cnc(CCc2cccc(C)c2)o1. The second-order valence-electron chi connectivity index (χ2n) is 4.00. The molecule has 0 aliphatic rings. The number of hydrogen-bond donors (Lipinski definition) is 0. The summed E-state index contributed by atoms with van der Waals surface area (Å²) in [6, 6.07) is 8.49. The highest BCUT2D eigenvalue weighted by Gasteiger charge is 2.04. The third kappa shape index (κ3) is 3.34. The summed E-state index contributed by atoms with van der Waals surface area (Å²) < 4.78 is 10.7. The Morgan fingerprint density at radius 3 is 2.94 bits per heavy atom. The van der Waals surface area contributed by atoms with E-state index in [1.165, 1.54) is 11.1 Å². The van der Waals surface area contributed by atoms with Gasteiger partial charge in [-0.25, -0.2) is 4.98 Å².